The van der Waals surface area contributed by atoms with E-state index in [4.69, 9.17) is 9.84 Å². The molecule has 0 saturated heterocycles. The molecule has 0 atom stereocenters. The fraction of sp³-hybridized carbons (Fsp3) is 0.231. The van der Waals surface area contributed by atoms with Gasteiger partial charge in [0.05, 0.1) is 6.21 Å². The van der Waals surface area contributed by atoms with Crippen LogP contribution in [0.25, 0.3) is 10.8 Å². The second kappa shape index (κ2) is 11.4. The van der Waals surface area contributed by atoms with E-state index in [1.165, 1.54) is 0 Å². The predicted octanol–water partition coefficient (Wildman–Crippen LogP) is 8.42. The van der Waals surface area contributed by atoms with Gasteiger partial charge in [-0.1, -0.05) is 72.8 Å². The normalized spacial score (nSPS) is 14.4. The Morgan fingerprint density at radius 2 is 1.27 bits per heavy atom. The second-order valence-electron chi connectivity index (χ2n) is 11.5. The molecule has 0 unspecified atom stereocenters. The summed E-state index contributed by atoms with van der Waals surface area (Å²) >= 11 is 0. The number of ether oxygens (including phenoxy) is 1. The van der Waals surface area contributed by atoms with Crippen LogP contribution in [0.15, 0.2) is 108 Å². The lowest BCUT2D eigenvalue weighted by Crippen LogP contribution is -2.44. The molecule has 0 radical (unpaired) electrons. The third kappa shape index (κ3) is 4.39. The fourth-order valence-electron chi connectivity index (χ4n) is 7.13. The predicted molar refractivity (Wildman–Crippen MR) is 184 cm³/mol. The number of rotatable bonds is 8. The highest BCUT2D eigenvalue weighted by Gasteiger charge is 2.57. The summed E-state index contributed by atoms with van der Waals surface area (Å²) in [6.07, 6.45) is 1.83. The molecule has 5 aromatic rings. The highest BCUT2D eigenvalue weighted by molar-refractivity contribution is 6.04. The zero-order valence-corrected chi connectivity index (χ0v) is 26.3. The minimum atomic E-state index is -1.01. The Bertz CT molecular complexity index is 1870. The first-order valence-electron chi connectivity index (χ1n) is 16.0. The first kappa shape index (κ1) is 28.7. The number of hydrogen-bond acceptors (Lipinski definition) is 5. The lowest BCUT2D eigenvalue weighted by Gasteiger charge is -2.42. The van der Waals surface area contributed by atoms with Crippen LogP contribution in [0.5, 0.6) is 11.5 Å². The maximum absolute atomic E-state index is 14.5. The number of anilines is 2. The zero-order chi connectivity index (χ0) is 31.1. The van der Waals surface area contributed by atoms with Gasteiger partial charge in [0.15, 0.2) is 0 Å². The summed E-state index contributed by atoms with van der Waals surface area (Å²) in [7, 11) is 0. The summed E-state index contributed by atoms with van der Waals surface area (Å²) in [5.41, 5.74) is 5.45. The molecule has 0 aromatic heterocycles. The van der Waals surface area contributed by atoms with E-state index in [0.717, 1.165) is 82.1 Å². The van der Waals surface area contributed by atoms with Crippen molar-refractivity contribution in [3.63, 3.8) is 0 Å². The van der Waals surface area contributed by atoms with Crippen molar-refractivity contribution in [2.24, 2.45) is 5.10 Å². The Balaban J connectivity index is 1.50. The summed E-state index contributed by atoms with van der Waals surface area (Å²) in [6.45, 7) is 12.2. The zero-order valence-electron chi connectivity index (χ0n) is 26.3. The molecule has 0 N–H and O–H groups in total. The number of carbonyl (C=O) groups is 1. The van der Waals surface area contributed by atoms with E-state index in [0.29, 0.717) is 5.56 Å². The average molecular weight is 595 g/mol. The van der Waals surface area contributed by atoms with Crippen molar-refractivity contribution in [3.8, 4) is 11.5 Å². The number of benzene rings is 5. The van der Waals surface area contributed by atoms with E-state index in [-0.39, 0.29) is 5.91 Å². The molecule has 6 nitrogen and oxygen atoms in total. The van der Waals surface area contributed by atoms with Crippen LogP contribution < -0.4 is 14.5 Å². The third-order valence-corrected chi connectivity index (χ3v) is 9.38. The molecule has 1 amide bonds. The second-order valence-corrected chi connectivity index (χ2v) is 11.5. The summed E-state index contributed by atoms with van der Waals surface area (Å²) in [4.78, 5) is 19.1. The van der Waals surface area contributed by atoms with Crippen LogP contribution in [-0.4, -0.2) is 43.3 Å². The molecule has 0 fully saturated rings. The Morgan fingerprint density at radius 1 is 0.689 bits per heavy atom. The molecule has 2 heterocycles. The molecular weight excluding hydrogens is 556 g/mol. The number of hydrazone groups is 1. The largest absolute Gasteiger partial charge is 0.456 e. The van der Waals surface area contributed by atoms with Crippen LogP contribution in [0, 0.1) is 0 Å². The van der Waals surface area contributed by atoms with Crippen molar-refractivity contribution in [2.45, 2.75) is 33.2 Å². The molecule has 0 aliphatic carbocycles. The van der Waals surface area contributed by atoms with Gasteiger partial charge in [0.1, 0.15) is 17.0 Å². The minimum Gasteiger partial charge on any atom is -0.456 e. The van der Waals surface area contributed by atoms with E-state index in [1.807, 2.05) is 48.7 Å². The third-order valence-electron chi connectivity index (χ3n) is 9.38. The van der Waals surface area contributed by atoms with Crippen molar-refractivity contribution < 1.29 is 9.53 Å². The van der Waals surface area contributed by atoms with Gasteiger partial charge in [-0.3, -0.25) is 4.79 Å². The fourth-order valence-corrected chi connectivity index (χ4v) is 7.13. The first-order valence-corrected chi connectivity index (χ1v) is 16.0. The Morgan fingerprint density at radius 3 is 1.91 bits per heavy atom. The average Bonchev–Trinajstić information content (AvgIpc) is 3.32. The number of amides is 1. The molecule has 0 saturated carbocycles. The number of carbonyl (C=O) groups excluding carboxylic acids is 1. The number of nitrogens with zero attached hydrogens (tertiary/aromatic N) is 4. The highest BCUT2D eigenvalue weighted by Crippen LogP contribution is 2.58. The molecular formula is C39H38N4O2. The standard InChI is InChI=1S/C39H38N4O2/c1-5-41(6-2)29-20-22-34-36(24-29)45-37-25-30(42(7-3)8-4)21-23-35(37)39(34)33-19-12-11-18-32(33)38(44)43(39)40-26-28-16-13-15-27-14-9-10-17-31(27)28/h9-26H,5-8H2,1-4H3. The Hall–Kier alpha value is -5.10. The molecule has 1 spiro atoms. The maximum atomic E-state index is 14.5. The van der Waals surface area contributed by atoms with Crippen molar-refractivity contribution in [2.75, 3.05) is 36.0 Å². The summed E-state index contributed by atoms with van der Waals surface area (Å²) in [5.74, 6) is 1.33. The number of hydrogen-bond donors (Lipinski definition) is 0. The number of fused-ring (bicyclic) bond motifs is 7. The van der Waals surface area contributed by atoms with Gasteiger partial charge in [-0.05, 0) is 56.7 Å². The summed E-state index contributed by atoms with van der Waals surface area (Å²) in [6, 6.07) is 35.1. The van der Waals surface area contributed by atoms with Gasteiger partial charge in [-0.2, -0.15) is 5.10 Å². The molecule has 7 rings (SSSR count). The van der Waals surface area contributed by atoms with Gasteiger partial charge < -0.3 is 14.5 Å². The smallest absolute Gasteiger partial charge is 0.275 e. The van der Waals surface area contributed by atoms with Crippen LogP contribution in [0.3, 0.4) is 0 Å². The highest BCUT2D eigenvalue weighted by atomic mass is 16.5. The van der Waals surface area contributed by atoms with Crippen molar-refractivity contribution >= 4 is 34.3 Å². The van der Waals surface area contributed by atoms with Crippen LogP contribution in [0.4, 0.5) is 11.4 Å². The monoisotopic (exact) mass is 594 g/mol. The molecule has 0 bridgehead atoms. The molecule has 6 heteroatoms. The van der Waals surface area contributed by atoms with Crippen LogP contribution >= 0.6 is 0 Å². The van der Waals surface area contributed by atoms with Gasteiger partial charge in [0, 0.05) is 77.5 Å². The SMILES string of the molecule is CCN(CC)c1ccc2c(c1)Oc1cc(N(CC)CC)ccc1C21c2ccccc2C(=O)N1N=Cc1cccc2ccccc12. The van der Waals surface area contributed by atoms with E-state index in [9.17, 15) is 4.79 Å². The lowest BCUT2D eigenvalue weighted by molar-refractivity contribution is 0.0675. The van der Waals surface area contributed by atoms with Gasteiger partial charge in [-0.15, -0.1) is 0 Å². The van der Waals surface area contributed by atoms with E-state index >= 15 is 0 Å². The Labute approximate surface area is 265 Å². The van der Waals surface area contributed by atoms with Crippen LogP contribution in [-0.2, 0) is 5.54 Å². The van der Waals surface area contributed by atoms with E-state index in [1.54, 1.807) is 5.01 Å². The van der Waals surface area contributed by atoms with Gasteiger partial charge in [-0.25, -0.2) is 5.01 Å². The van der Waals surface area contributed by atoms with E-state index in [2.05, 4.69) is 98.2 Å². The van der Waals surface area contributed by atoms with Crippen molar-refractivity contribution in [1.29, 1.82) is 0 Å². The quantitative estimate of drug-likeness (QED) is 0.169. The molecule has 226 valence electrons. The summed E-state index contributed by atoms with van der Waals surface area (Å²) < 4.78 is 6.80. The molecule has 2 aliphatic heterocycles. The Kier molecular flexibility index (Phi) is 7.28. The first-order chi connectivity index (χ1) is 22.0. The van der Waals surface area contributed by atoms with Crippen molar-refractivity contribution in [3.05, 3.63) is 131 Å². The topological polar surface area (TPSA) is 48.4 Å². The van der Waals surface area contributed by atoms with E-state index < -0.39 is 5.54 Å². The lowest BCUT2D eigenvalue weighted by atomic mass is 9.75. The summed E-state index contributed by atoms with van der Waals surface area (Å²) in [5, 5.41) is 8.98. The van der Waals surface area contributed by atoms with Crippen LogP contribution in [0.2, 0.25) is 0 Å². The molecule has 45 heavy (non-hydrogen) atoms. The maximum Gasteiger partial charge on any atom is 0.275 e. The van der Waals surface area contributed by atoms with Crippen LogP contribution in [0.1, 0.15) is 60.3 Å². The van der Waals surface area contributed by atoms with Gasteiger partial charge in [0.2, 0.25) is 0 Å². The molecule has 5 aromatic carbocycles. The van der Waals surface area contributed by atoms with Crippen molar-refractivity contribution in [1.82, 2.24) is 5.01 Å². The van der Waals surface area contributed by atoms with Gasteiger partial charge in [0.25, 0.3) is 5.91 Å². The molecule has 2 aliphatic rings. The minimum absolute atomic E-state index is 0.137. The van der Waals surface area contributed by atoms with Gasteiger partial charge >= 0.3 is 0 Å².